The van der Waals surface area contributed by atoms with E-state index in [0.717, 1.165) is 17.1 Å². The third kappa shape index (κ3) is 7.63. The Morgan fingerprint density at radius 3 is 1.24 bits per heavy atom. The maximum atomic E-state index is 7.33. The number of tetrazole rings is 5. The molecule has 0 aliphatic carbocycles. The summed E-state index contributed by atoms with van der Waals surface area (Å²) in [6.45, 7) is 0. The second kappa shape index (κ2) is 16.0. The second-order valence-electron chi connectivity index (χ2n) is 9.94. The van der Waals surface area contributed by atoms with Gasteiger partial charge in [-0.25, -0.2) is 0 Å². The highest BCUT2D eigenvalue weighted by Crippen LogP contribution is 2.36. The standard InChI is InChI=1S/C24H16N24S6/c25-33-27-19(51-52-22-30-36-42-47(22)17-9-5-14(6-10-17)44-20(49)28-34-39-44)26-13-1-3-16(4-2-13)46-23(31-37-41-46)53-54-24-32-38-43-48(24)18-11-7-15(8-12-18)45-21(50)29-35-40-45/h1-12H,(H2,25,26,27)(H,28,39,49)(H,29,40,50). The van der Waals surface area contributed by atoms with Crippen LogP contribution in [0.1, 0.15) is 0 Å². The first-order chi connectivity index (χ1) is 26.5. The number of rotatable bonds is 12. The largest absolute Gasteiger partial charge is 0.333 e. The van der Waals surface area contributed by atoms with Crippen molar-refractivity contribution in [3.8, 4) is 28.4 Å². The van der Waals surface area contributed by atoms with Crippen molar-refractivity contribution in [1.82, 2.24) is 101 Å². The van der Waals surface area contributed by atoms with Crippen molar-refractivity contribution in [3.63, 3.8) is 0 Å². The minimum atomic E-state index is 0.317. The molecular formula is C24H16N24S6. The number of thiol groups is 2. The first kappa shape index (κ1) is 35.2. The quantitative estimate of drug-likeness (QED) is 0.0344. The molecule has 8 aromatic rings. The van der Waals surface area contributed by atoms with Gasteiger partial charge in [0.25, 0.3) is 0 Å². The second-order valence-corrected chi connectivity index (χ2v) is 14.9. The summed E-state index contributed by atoms with van der Waals surface area (Å²) < 4.78 is 7.71. The first-order valence-corrected chi connectivity index (χ1v) is 19.8. The van der Waals surface area contributed by atoms with E-state index in [0.29, 0.717) is 48.0 Å². The van der Waals surface area contributed by atoms with E-state index in [9.17, 15) is 0 Å². The fourth-order valence-corrected chi connectivity index (χ4v) is 8.26. The molecule has 0 bridgehead atoms. The van der Waals surface area contributed by atoms with Crippen LogP contribution in [0.5, 0.6) is 0 Å². The van der Waals surface area contributed by atoms with Gasteiger partial charge in [-0.3, -0.25) is 0 Å². The van der Waals surface area contributed by atoms with E-state index in [1.54, 1.807) is 14.0 Å². The molecular weight excluding hydrogens is 817 g/mol. The molecule has 2 N–H and O–H groups in total. The van der Waals surface area contributed by atoms with Crippen LogP contribution < -0.4 is 5.32 Å². The van der Waals surface area contributed by atoms with Crippen LogP contribution >= 0.6 is 68.4 Å². The summed E-state index contributed by atoms with van der Waals surface area (Å²) in [6, 6.07) is 21.9. The highest BCUT2D eigenvalue weighted by atomic mass is 33.1. The normalized spacial score (nSPS) is 11.6. The maximum Gasteiger partial charge on any atom is 0.225 e. The molecule has 5 aromatic heterocycles. The van der Waals surface area contributed by atoms with Gasteiger partial charge in [0.2, 0.25) is 25.8 Å². The van der Waals surface area contributed by atoms with Gasteiger partial charge in [0.15, 0.2) is 5.17 Å². The molecule has 24 nitrogen and oxygen atoms in total. The van der Waals surface area contributed by atoms with Crippen LogP contribution in [0.3, 0.4) is 0 Å². The number of nitrogens with one attached hydrogen (secondary N) is 2. The lowest BCUT2D eigenvalue weighted by atomic mass is 10.3. The van der Waals surface area contributed by atoms with Crippen molar-refractivity contribution in [1.29, 1.82) is 5.53 Å². The molecule has 0 fully saturated rings. The summed E-state index contributed by atoms with van der Waals surface area (Å²) in [5.74, 6) is 0. The number of hydrogen-bond acceptors (Lipinski definition) is 23. The van der Waals surface area contributed by atoms with Crippen molar-refractivity contribution >= 4 is 79.3 Å². The van der Waals surface area contributed by atoms with Gasteiger partial charge in [-0.2, -0.15) is 28.9 Å². The van der Waals surface area contributed by atoms with Crippen LogP contribution in [0.25, 0.3) is 28.4 Å². The van der Waals surface area contributed by atoms with E-state index < -0.39 is 0 Å². The molecule has 268 valence electrons. The molecule has 0 aliphatic heterocycles. The summed E-state index contributed by atoms with van der Waals surface area (Å²) in [5.41, 5.74) is 11.6. The number of benzene rings is 3. The van der Waals surface area contributed by atoms with Crippen molar-refractivity contribution in [2.24, 2.45) is 10.3 Å². The SMILES string of the molecule is N=N/N=C(\Nc1ccc(-n2nnnc2SSc2nnnn2-c2ccc(-n3nnnc3S)cc2)cc1)SSc1nnnn1-c1ccc(-n2nnnc2S)cc1. The fraction of sp³-hybridized carbons (Fsp3) is 0. The zero-order valence-corrected chi connectivity index (χ0v) is 31.3. The van der Waals surface area contributed by atoms with Crippen molar-refractivity contribution in [2.75, 3.05) is 5.32 Å². The lowest BCUT2D eigenvalue weighted by molar-refractivity contribution is 0.746. The number of amidine groups is 1. The topological polar surface area (TPSA) is 279 Å². The van der Waals surface area contributed by atoms with Crippen LogP contribution in [-0.2, 0) is 0 Å². The number of hydrogen-bond donors (Lipinski definition) is 4. The Hall–Kier alpha value is -5.82. The van der Waals surface area contributed by atoms with E-state index in [1.165, 1.54) is 52.5 Å². The van der Waals surface area contributed by atoms with Gasteiger partial charge >= 0.3 is 0 Å². The molecule has 0 saturated carbocycles. The van der Waals surface area contributed by atoms with Gasteiger partial charge in [-0.15, -0.1) is 55.9 Å². The van der Waals surface area contributed by atoms with Gasteiger partial charge < -0.3 is 5.32 Å². The molecule has 0 saturated heterocycles. The highest BCUT2D eigenvalue weighted by molar-refractivity contribution is 8.82. The smallest absolute Gasteiger partial charge is 0.225 e. The van der Waals surface area contributed by atoms with Crippen LogP contribution in [0.4, 0.5) is 5.69 Å². The Kier molecular flexibility index (Phi) is 10.5. The Labute approximate surface area is 326 Å². The molecule has 3 aromatic carbocycles. The lowest BCUT2D eigenvalue weighted by Crippen LogP contribution is -2.07. The van der Waals surface area contributed by atoms with Crippen molar-refractivity contribution in [3.05, 3.63) is 72.8 Å². The minimum Gasteiger partial charge on any atom is -0.333 e. The fourth-order valence-electron chi connectivity index (χ4n) is 4.42. The van der Waals surface area contributed by atoms with Gasteiger partial charge in [-0.05, 0) is 173 Å². The molecule has 0 spiro atoms. The van der Waals surface area contributed by atoms with E-state index in [-0.39, 0.29) is 0 Å². The predicted octanol–water partition coefficient (Wildman–Crippen LogP) is 3.10. The summed E-state index contributed by atoms with van der Waals surface area (Å²) in [5, 5.41) is 71.7. The highest BCUT2D eigenvalue weighted by Gasteiger charge is 2.17. The van der Waals surface area contributed by atoms with Crippen LogP contribution in [0, 0.1) is 5.53 Å². The Morgan fingerprint density at radius 1 is 0.500 bits per heavy atom. The molecule has 0 unspecified atom stereocenters. The van der Waals surface area contributed by atoms with Crippen molar-refractivity contribution < 1.29 is 0 Å². The molecule has 0 radical (unpaired) electrons. The maximum absolute atomic E-state index is 7.33. The predicted molar refractivity (Wildman–Crippen MR) is 199 cm³/mol. The summed E-state index contributed by atoms with van der Waals surface area (Å²) in [7, 11) is 4.97. The number of anilines is 1. The first-order valence-electron chi connectivity index (χ1n) is 14.6. The van der Waals surface area contributed by atoms with Gasteiger partial charge in [0, 0.05) is 5.69 Å². The van der Waals surface area contributed by atoms with E-state index in [1.807, 2.05) is 72.8 Å². The average molecular weight is 833 g/mol. The summed E-state index contributed by atoms with van der Waals surface area (Å²) in [4.78, 5) is 0. The Balaban J connectivity index is 0.894. The van der Waals surface area contributed by atoms with Gasteiger partial charge in [-0.1, -0.05) is 0 Å². The zero-order chi connectivity index (χ0) is 36.9. The molecule has 0 amide bonds. The van der Waals surface area contributed by atoms with Crippen LogP contribution in [0.2, 0.25) is 0 Å². The van der Waals surface area contributed by atoms with Crippen LogP contribution in [-0.4, -0.2) is 106 Å². The van der Waals surface area contributed by atoms with E-state index in [4.69, 9.17) is 5.53 Å². The van der Waals surface area contributed by atoms with Crippen molar-refractivity contribution in [2.45, 2.75) is 25.8 Å². The number of aromatic nitrogens is 20. The van der Waals surface area contributed by atoms with E-state index >= 15 is 0 Å². The third-order valence-corrected chi connectivity index (χ3v) is 11.4. The van der Waals surface area contributed by atoms with Gasteiger partial charge in [0.1, 0.15) is 0 Å². The molecule has 5 heterocycles. The van der Waals surface area contributed by atoms with Gasteiger partial charge in [0.05, 0.1) is 28.4 Å². The number of nitrogens with zero attached hydrogens (tertiary/aromatic N) is 22. The third-order valence-electron chi connectivity index (χ3n) is 6.80. The molecule has 54 heavy (non-hydrogen) atoms. The lowest BCUT2D eigenvalue weighted by Gasteiger charge is -2.09. The van der Waals surface area contributed by atoms with E-state index in [2.05, 4.69) is 119 Å². The molecule has 0 atom stereocenters. The Morgan fingerprint density at radius 2 is 0.852 bits per heavy atom. The summed E-state index contributed by atoms with van der Waals surface area (Å²) >= 11 is 8.50. The average Bonchev–Trinajstić information content (AvgIpc) is 4.06. The molecule has 8 rings (SSSR count). The monoisotopic (exact) mass is 832 g/mol. The van der Waals surface area contributed by atoms with Crippen LogP contribution in [0.15, 0.2) is 109 Å². The summed E-state index contributed by atoms with van der Waals surface area (Å²) in [6.07, 6.45) is 0. The minimum absolute atomic E-state index is 0.317. The zero-order valence-electron chi connectivity index (χ0n) is 26.3. The Bertz CT molecular complexity index is 2540. The molecule has 30 heteroatoms. The molecule has 0 aliphatic rings.